The second-order valence-corrected chi connectivity index (χ2v) is 4.91. The fraction of sp³-hybridized carbons (Fsp3) is 0.417. The molecule has 1 aromatic carbocycles. The van der Waals surface area contributed by atoms with Crippen molar-refractivity contribution in [1.29, 1.82) is 0 Å². The lowest BCUT2D eigenvalue weighted by Crippen LogP contribution is -2.35. The van der Waals surface area contributed by atoms with Crippen molar-refractivity contribution in [2.24, 2.45) is 5.73 Å². The van der Waals surface area contributed by atoms with Crippen LogP contribution in [0.2, 0.25) is 5.02 Å². The first kappa shape index (κ1) is 14.2. The van der Waals surface area contributed by atoms with Gasteiger partial charge in [0.05, 0.1) is 6.61 Å². The molecule has 1 rings (SSSR count). The number of hydrogen-bond acceptors (Lipinski definition) is 3. The predicted octanol–water partition coefficient (Wildman–Crippen LogP) is 2.18. The van der Waals surface area contributed by atoms with Crippen molar-refractivity contribution < 1.29 is 5.11 Å². The van der Waals surface area contributed by atoms with Gasteiger partial charge >= 0.3 is 0 Å². The van der Waals surface area contributed by atoms with Gasteiger partial charge in [-0.15, -0.1) is 0 Å². The zero-order valence-corrected chi connectivity index (χ0v) is 11.6. The van der Waals surface area contributed by atoms with Crippen LogP contribution in [-0.2, 0) is 0 Å². The van der Waals surface area contributed by atoms with Gasteiger partial charge in [-0.25, -0.2) is 0 Å². The van der Waals surface area contributed by atoms with Gasteiger partial charge in [0, 0.05) is 28.9 Å². The predicted molar refractivity (Wildman–Crippen MR) is 76.9 cm³/mol. The van der Waals surface area contributed by atoms with Crippen molar-refractivity contribution in [3.8, 4) is 0 Å². The molecule has 0 aliphatic heterocycles. The molecular weight excluding hydrogens is 256 g/mol. The fourth-order valence-electron chi connectivity index (χ4n) is 1.72. The van der Waals surface area contributed by atoms with Gasteiger partial charge in [0.2, 0.25) is 0 Å². The van der Waals surface area contributed by atoms with Crippen LogP contribution in [0, 0.1) is 0 Å². The number of nitrogens with two attached hydrogens (primary N) is 1. The first-order valence-electron chi connectivity index (χ1n) is 5.44. The molecule has 0 radical (unpaired) electrons. The summed E-state index contributed by atoms with van der Waals surface area (Å²) < 4.78 is 0. The van der Waals surface area contributed by atoms with Gasteiger partial charge in [0.25, 0.3) is 0 Å². The molecule has 0 bridgehead atoms. The van der Waals surface area contributed by atoms with E-state index in [1.807, 2.05) is 24.8 Å². The molecule has 0 atom stereocenters. The second-order valence-electron chi connectivity index (χ2n) is 4.04. The Morgan fingerprint density at radius 2 is 2.18 bits per heavy atom. The number of aliphatic hydroxyl groups excluding tert-OH is 1. The van der Waals surface area contributed by atoms with Crippen LogP contribution >= 0.6 is 23.8 Å². The summed E-state index contributed by atoms with van der Waals surface area (Å²) in [5.74, 6) is 0. The maximum absolute atomic E-state index is 9.10. The quantitative estimate of drug-likeness (QED) is 0.807. The maximum atomic E-state index is 9.10. The average Bonchev–Trinajstić information content (AvgIpc) is 2.26. The molecule has 0 heterocycles. The van der Waals surface area contributed by atoms with Crippen LogP contribution in [0.25, 0.3) is 0 Å². The molecule has 3 N–H and O–H groups in total. The van der Waals surface area contributed by atoms with Gasteiger partial charge in [-0.3, -0.25) is 0 Å². The van der Waals surface area contributed by atoms with E-state index >= 15 is 0 Å². The van der Waals surface area contributed by atoms with E-state index in [1.54, 1.807) is 12.1 Å². The third kappa shape index (κ3) is 3.56. The standard InChI is InChI=1S/C12H17ClN2OS/c1-8(2)15(5-6-16)11-4-3-9(13)7-10(11)12(14)17/h3-4,7-8,16H,5-6H2,1-2H3,(H2,14,17). The zero-order chi connectivity index (χ0) is 13.0. The molecule has 1 aromatic rings. The number of nitrogens with zero attached hydrogens (tertiary/aromatic N) is 1. The Balaban J connectivity index is 3.22. The highest BCUT2D eigenvalue weighted by atomic mass is 35.5. The van der Waals surface area contributed by atoms with Crippen molar-refractivity contribution in [2.75, 3.05) is 18.1 Å². The normalized spacial score (nSPS) is 10.6. The third-order valence-electron chi connectivity index (χ3n) is 2.50. The van der Waals surface area contributed by atoms with E-state index in [1.165, 1.54) is 0 Å². The minimum absolute atomic E-state index is 0.0809. The van der Waals surface area contributed by atoms with Crippen LogP contribution in [0.5, 0.6) is 0 Å². The number of halogens is 1. The second kappa shape index (κ2) is 6.19. The summed E-state index contributed by atoms with van der Waals surface area (Å²) in [4.78, 5) is 2.36. The van der Waals surface area contributed by atoms with E-state index in [0.29, 0.717) is 16.6 Å². The van der Waals surface area contributed by atoms with Crippen molar-refractivity contribution in [2.45, 2.75) is 19.9 Å². The van der Waals surface area contributed by atoms with E-state index in [4.69, 9.17) is 34.7 Å². The lowest BCUT2D eigenvalue weighted by Gasteiger charge is -2.30. The maximum Gasteiger partial charge on any atom is 0.106 e. The summed E-state index contributed by atoms with van der Waals surface area (Å²) in [7, 11) is 0. The molecule has 0 amide bonds. The molecule has 0 saturated heterocycles. The summed E-state index contributed by atoms with van der Waals surface area (Å²) >= 11 is 11.0. The van der Waals surface area contributed by atoms with E-state index in [9.17, 15) is 0 Å². The molecule has 5 heteroatoms. The summed E-state index contributed by atoms with van der Waals surface area (Å²) in [6, 6.07) is 5.68. The molecule has 3 nitrogen and oxygen atoms in total. The van der Waals surface area contributed by atoms with Gasteiger partial charge in [-0.05, 0) is 32.0 Å². The van der Waals surface area contributed by atoms with Crippen molar-refractivity contribution >= 4 is 34.5 Å². The van der Waals surface area contributed by atoms with Gasteiger partial charge in [-0.1, -0.05) is 23.8 Å². The van der Waals surface area contributed by atoms with Gasteiger partial charge < -0.3 is 15.7 Å². The first-order chi connectivity index (χ1) is 7.97. The van der Waals surface area contributed by atoms with E-state index in [0.717, 1.165) is 11.3 Å². The lowest BCUT2D eigenvalue weighted by atomic mass is 10.1. The molecule has 17 heavy (non-hydrogen) atoms. The first-order valence-corrected chi connectivity index (χ1v) is 6.22. The minimum atomic E-state index is 0.0809. The largest absolute Gasteiger partial charge is 0.395 e. The Labute approximate surface area is 112 Å². The van der Waals surface area contributed by atoms with E-state index < -0.39 is 0 Å². The molecule has 94 valence electrons. The highest BCUT2D eigenvalue weighted by molar-refractivity contribution is 7.80. The number of anilines is 1. The van der Waals surface area contributed by atoms with Crippen LogP contribution in [0.4, 0.5) is 5.69 Å². The van der Waals surface area contributed by atoms with Gasteiger partial charge in [-0.2, -0.15) is 0 Å². The topological polar surface area (TPSA) is 49.5 Å². The molecule has 0 saturated carbocycles. The molecule has 0 aliphatic carbocycles. The molecule has 0 fully saturated rings. The highest BCUT2D eigenvalue weighted by Gasteiger charge is 2.15. The lowest BCUT2D eigenvalue weighted by molar-refractivity contribution is 0.299. The minimum Gasteiger partial charge on any atom is -0.395 e. The summed E-state index contributed by atoms with van der Waals surface area (Å²) in [6.45, 7) is 4.72. The Morgan fingerprint density at radius 1 is 1.53 bits per heavy atom. The van der Waals surface area contributed by atoms with Gasteiger partial charge in [0.15, 0.2) is 0 Å². The average molecular weight is 273 g/mol. The fourth-order valence-corrected chi connectivity index (χ4v) is 2.06. The number of rotatable bonds is 5. The van der Waals surface area contributed by atoms with E-state index in [2.05, 4.69) is 0 Å². The Hall–Kier alpha value is -0.840. The summed E-state index contributed by atoms with van der Waals surface area (Å²) in [6.07, 6.45) is 0. The van der Waals surface area contributed by atoms with Crippen LogP contribution in [0.1, 0.15) is 19.4 Å². The highest BCUT2D eigenvalue weighted by Crippen LogP contribution is 2.25. The van der Waals surface area contributed by atoms with E-state index in [-0.39, 0.29) is 12.6 Å². The SMILES string of the molecule is CC(C)N(CCO)c1ccc(Cl)cc1C(N)=S. The zero-order valence-electron chi connectivity index (χ0n) is 9.98. The number of hydrogen-bond donors (Lipinski definition) is 2. The number of thiocarbonyl (C=S) groups is 1. The van der Waals surface area contributed by atoms with Crippen molar-refractivity contribution in [1.82, 2.24) is 0 Å². The number of aliphatic hydroxyl groups is 1. The molecule has 0 aromatic heterocycles. The molecule has 0 spiro atoms. The monoisotopic (exact) mass is 272 g/mol. The molecular formula is C12H17ClN2OS. The van der Waals surface area contributed by atoms with Gasteiger partial charge in [0.1, 0.15) is 4.99 Å². The van der Waals surface area contributed by atoms with Crippen LogP contribution in [0.3, 0.4) is 0 Å². The summed E-state index contributed by atoms with van der Waals surface area (Å²) in [5, 5.41) is 9.70. The number of benzene rings is 1. The van der Waals surface area contributed by atoms with Crippen LogP contribution in [0.15, 0.2) is 18.2 Å². The van der Waals surface area contributed by atoms with Crippen molar-refractivity contribution in [3.05, 3.63) is 28.8 Å². The third-order valence-corrected chi connectivity index (χ3v) is 2.95. The smallest absolute Gasteiger partial charge is 0.106 e. The Kier molecular flexibility index (Phi) is 5.18. The van der Waals surface area contributed by atoms with Crippen LogP contribution < -0.4 is 10.6 Å². The Bertz CT molecular complexity index is 409. The summed E-state index contributed by atoms with van der Waals surface area (Å²) in [5.41, 5.74) is 7.35. The van der Waals surface area contributed by atoms with Crippen molar-refractivity contribution in [3.63, 3.8) is 0 Å². The van der Waals surface area contributed by atoms with Crippen LogP contribution in [-0.4, -0.2) is 29.3 Å². The molecule has 0 unspecified atom stereocenters. The Morgan fingerprint density at radius 3 is 2.65 bits per heavy atom. The molecule has 0 aliphatic rings.